The van der Waals surface area contributed by atoms with E-state index in [1.807, 2.05) is 30.5 Å². The normalized spacial score (nSPS) is 24.0. The number of piperidine rings is 1. The number of oxime groups is 1. The standard InChI is InChI=1S/C19H27N3O2/c1-14-6-5-7-15(2)22(14)13-17(23)12-21-11-16(10-20-24)18-8-3-4-9-19(18)21/h3-4,8-11,14-15,17,23-24H,5-7,12-13H2,1-2H3/p+1/b20-10-/t14-,15-,17+/m0/s1. The van der Waals surface area contributed by atoms with Crippen molar-refractivity contribution < 1.29 is 15.2 Å². The minimum absolute atomic E-state index is 0.391. The summed E-state index contributed by atoms with van der Waals surface area (Å²) in [7, 11) is 0. The molecule has 0 unspecified atom stereocenters. The molecule has 0 saturated carbocycles. The van der Waals surface area contributed by atoms with E-state index in [0.29, 0.717) is 18.6 Å². The van der Waals surface area contributed by atoms with E-state index >= 15 is 0 Å². The van der Waals surface area contributed by atoms with Gasteiger partial charge in [0.1, 0.15) is 12.6 Å². The minimum Gasteiger partial charge on any atom is -0.411 e. The summed E-state index contributed by atoms with van der Waals surface area (Å²) in [5, 5.41) is 23.7. The summed E-state index contributed by atoms with van der Waals surface area (Å²) < 4.78 is 2.07. The quantitative estimate of drug-likeness (QED) is 0.443. The molecule has 3 N–H and O–H groups in total. The van der Waals surface area contributed by atoms with Crippen molar-refractivity contribution in [1.82, 2.24) is 4.57 Å². The van der Waals surface area contributed by atoms with Crippen LogP contribution in [0.2, 0.25) is 0 Å². The first-order valence-corrected chi connectivity index (χ1v) is 8.89. The van der Waals surface area contributed by atoms with Gasteiger partial charge in [-0.3, -0.25) is 0 Å². The Morgan fingerprint density at radius 1 is 1.29 bits per heavy atom. The van der Waals surface area contributed by atoms with Gasteiger partial charge in [0.25, 0.3) is 0 Å². The Morgan fingerprint density at radius 2 is 2.00 bits per heavy atom. The largest absolute Gasteiger partial charge is 0.411 e. The lowest BCUT2D eigenvalue weighted by Gasteiger charge is -2.37. The van der Waals surface area contributed by atoms with Crippen LogP contribution >= 0.6 is 0 Å². The van der Waals surface area contributed by atoms with Crippen molar-refractivity contribution in [1.29, 1.82) is 0 Å². The highest BCUT2D eigenvalue weighted by molar-refractivity contribution is 5.99. The van der Waals surface area contributed by atoms with Crippen molar-refractivity contribution in [3.05, 3.63) is 36.0 Å². The molecule has 1 saturated heterocycles. The lowest BCUT2D eigenvalue weighted by molar-refractivity contribution is -0.954. The number of aliphatic hydroxyl groups excluding tert-OH is 1. The Labute approximate surface area is 143 Å². The number of aromatic nitrogens is 1. The van der Waals surface area contributed by atoms with Crippen LogP contribution in [0.3, 0.4) is 0 Å². The van der Waals surface area contributed by atoms with E-state index in [2.05, 4.69) is 23.6 Å². The molecule has 1 fully saturated rings. The smallest absolute Gasteiger partial charge is 0.121 e. The van der Waals surface area contributed by atoms with Crippen molar-refractivity contribution >= 4 is 17.1 Å². The molecule has 5 heteroatoms. The molecule has 1 aromatic carbocycles. The predicted octanol–water partition coefficient (Wildman–Crippen LogP) is 1.66. The van der Waals surface area contributed by atoms with Crippen molar-refractivity contribution in [2.24, 2.45) is 5.16 Å². The zero-order chi connectivity index (χ0) is 17.1. The molecule has 0 spiro atoms. The molecule has 5 nitrogen and oxygen atoms in total. The van der Waals surface area contributed by atoms with Gasteiger partial charge >= 0.3 is 0 Å². The van der Waals surface area contributed by atoms with Gasteiger partial charge in [-0.05, 0) is 39.2 Å². The lowest BCUT2D eigenvalue weighted by atomic mass is 9.97. The van der Waals surface area contributed by atoms with Crippen LogP contribution in [0.15, 0.2) is 35.6 Å². The Bertz CT molecular complexity index is 700. The number of fused-ring (bicyclic) bond motifs is 1. The highest BCUT2D eigenvalue weighted by Gasteiger charge is 2.30. The highest BCUT2D eigenvalue weighted by atomic mass is 16.4. The van der Waals surface area contributed by atoms with Crippen LogP contribution in [0.4, 0.5) is 0 Å². The molecule has 1 aliphatic heterocycles. The number of rotatable bonds is 5. The Balaban J connectivity index is 1.77. The first-order chi connectivity index (χ1) is 11.6. The number of benzene rings is 1. The molecule has 3 rings (SSSR count). The van der Waals surface area contributed by atoms with Crippen LogP contribution in [0.5, 0.6) is 0 Å². The van der Waals surface area contributed by atoms with E-state index in [-0.39, 0.29) is 0 Å². The van der Waals surface area contributed by atoms with E-state index in [0.717, 1.165) is 23.0 Å². The second-order valence-corrected chi connectivity index (χ2v) is 7.16. The SMILES string of the molecule is C[C@H]1CCC[C@H](C)[NH+]1C[C@H](O)Cn1cc(/C=N\O)c2ccccc21. The van der Waals surface area contributed by atoms with Crippen molar-refractivity contribution in [3.8, 4) is 0 Å². The van der Waals surface area contributed by atoms with E-state index < -0.39 is 6.10 Å². The van der Waals surface area contributed by atoms with Gasteiger partial charge in [-0.15, -0.1) is 0 Å². The zero-order valence-electron chi connectivity index (χ0n) is 14.5. The third kappa shape index (κ3) is 3.47. The van der Waals surface area contributed by atoms with Gasteiger partial charge in [0.05, 0.1) is 24.8 Å². The molecule has 0 amide bonds. The number of quaternary nitrogens is 1. The summed E-state index contributed by atoms with van der Waals surface area (Å²) in [6.45, 7) is 5.91. The third-order valence-corrected chi connectivity index (χ3v) is 5.44. The van der Waals surface area contributed by atoms with Gasteiger partial charge < -0.3 is 19.8 Å². The number of nitrogens with one attached hydrogen (secondary N) is 1. The Morgan fingerprint density at radius 3 is 2.71 bits per heavy atom. The molecule has 0 radical (unpaired) electrons. The fraction of sp³-hybridized carbons (Fsp3) is 0.526. The molecule has 2 aromatic rings. The van der Waals surface area contributed by atoms with Crippen molar-refractivity contribution in [3.63, 3.8) is 0 Å². The Kier molecular flexibility index (Phi) is 5.21. The molecule has 1 aromatic heterocycles. The molecule has 2 heterocycles. The first-order valence-electron chi connectivity index (χ1n) is 8.89. The molecule has 1 aliphatic rings. The van der Waals surface area contributed by atoms with Crippen LogP contribution in [0.1, 0.15) is 38.7 Å². The maximum atomic E-state index is 10.7. The predicted molar refractivity (Wildman–Crippen MR) is 95.9 cm³/mol. The number of para-hydroxylation sites is 1. The molecule has 3 atom stereocenters. The molecule has 24 heavy (non-hydrogen) atoms. The van der Waals surface area contributed by atoms with E-state index in [4.69, 9.17) is 5.21 Å². The second-order valence-electron chi connectivity index (χ2n) is 7.16. The summed E-state index contributed by atoms with van der Waals surface area (Å²) in [5.74, 6) is 0. The van der Waals surface area contributed by atoms with Crippen molar-refractivity contribution in [2.75, 3.05) is 6.54 Å². The van der Waals surface area contributed by atoms with Gasteiger partial charge in [0.2, 0.25) is 0 Å². The van der Waals surface area contributed by atoms with Crippen LogP contribution in [0, 0.1) is 0 Å². The maximum Gasteiger partial charge on any atom is 0.121 e. The Hall–Kier alpha value is -1.85. The van der Waals surface area contributed by atoms with Crippen LogP contribution < -0.4 is 4.90 Å². The molecule has 0 bridgehead atoms. The average molecular weight is 330 g/mol. The van der Waals surface area contributed by atoms with E-state index in [9.17, 15) is 5.11 Å². The second kappa shape index (κ2) is 7.36. The van der Waals surface area contributed by atoms with E-state index in [1.165, 1.54) is 30.4 Å². The van der Waals surface area contributed by atoms with Gasteiger partial charge in [0.15, 0.2) is 0 Å². The topological polar surface area (TPSA) is 62.2 Å². The molecule has 130 valence electrons. The number of hydrogen-bond acceptors (Lipinski definition) is 3. The summed E-state index contributed by atoms with van der Waals surface area (Å²) in [6.07, 6.45) is 6.80. The molecular weight excluding hydrogens is 302 g/mol. The fourth-order valence-corrected chi connectivity index (χ4v) is 4.14. The molecular formula is C19H28N3O2+. The first kappa shape index (κ1) is 17.0. The lowest BCUT2D eigenvalue weighted by Crippen LogP contribution is -3.20. The summed E-state index contributed by atoms with van der Waals surface area (Å²) in [6, 6.07) is 9.23. The number of hydrogen-bond donors (Lipinski definition) is 3. The van der Waals surface area contributed by atoms with Gasteiger partial charge in [-0.25, -0.2) is 0 Å². The van der Waals surface area contributed by atoms with E-state index in [1.54, 1.807) is 0 Å². The van der Waals surface area contributed by atoms with Gasteiger partial charge in [-0.1, -0.05) is 23.4 Å². The van der Waals surface area contributed by atoms with Crippen molar-refractivity contribution in [2.45, 2.75) is 57.8 Å². The third-order valence-electron chi connectivity index (χ3n) is 5.44. The van der Waals surface area contributed by atoms with Gasteiger partial charge in [0, 0.05) is 22.7 Å². The number of nitrogens with zero attached hydrogens (tertiary/aromatic N) is 2. The van der Waals surface area contributed by atoms with Gasteiger partial charge in [-0.2, -0.15) is 0 Å². The molecule has 0 aliphatic carbocycles. The zero-order valence-corrected chi connectivity index (χ0v) is 14.5. The fourth-order valence-electron chi connectivity index (χ4n) is 4.14. The average Bonchev–Trinajstić information content (AvgIpc) is 2.90. The number of aliphatic hydroxyl groups is 1. The van der Waals surface area contributed by atoms with Crippen LogP contribution in [0.25, 0.3) is 10.9 Å². The number of likely N-dealkylation sites (tertiary alicyclic amines) is 1. The monoisotopic (exact) mass is 330 g/mol. The summed E-state index contributed by atoms with van der Waals surface area (Å²) >= 11 is 0. The summed E-state index contributed by atoms with van der Waals surface area (Å²) in [5.41, 5.74) is 1.92. The van der Waals surface area contributed by atoms with Crippen LogP contribution in [-0.4, -0.2) is 45.8 Å². The highest BCUT2D eigenvalue weighted by Crippen LogP contribution is 2.20. The van der Waals surface area contributed by atoms with Crippen LogP contribution in [-0.2, 0) is 6.54 Å². The maximum absolute atomic E-state index is 10.7. The summed E-state index contributed by atoms with van der Waals surface area (Å²) in [4.78, 5) is 1.52. The minimum atomic E-state index is -0.391.